The van der Waals surface area contributed by atoms with E-state index in [1.54, 1.807) is 26.1 Å². The Morgan fingerprint density at radius 2 is 2.00 bits per heavy atom. The second kappa shape index (κ2) is 8.65. The van der Waals surface area contributed by atoms with Gasteiger partial charge in [-0.1, -0.05) is 19.1 Å². The maximum Gasteiger partial charge on any atom is 0.271 e. The first-order chi connectivity index (χ1) is 13.4. The number of piperidine rings is 1. The van der Waals surface area contributed by atoms with Crippen molar-refractivity contribution in [1.82, 2.24) is 20.2 Å². The van der Waals surface area contributed by atoms with Gasteiger partial charge in [-0.05, 0) is 50.6 Å². The summed E-state index contributed by atoms with van der Waals surface area (Å²) in [6.07, 6.45) is 1.49. The summed E-state index contributed by atoms with van der Waals surface area (Å²) in [4.78, 5) is 23.8. The van der Waals surface area contributed by atoms with Crippen LogP contribution in [0.4, 0.5) is 10.2 Å². The van der Waals surface area contributed by atoms with E-state index in [4.69, 9.17) is 0 Å². The lowest BCUT2D eigenvalue weighted by molar-refractivity contribution is 0.0957. The number of hydrogen-bond acceptors (Lipinski definition) is 5. The molecule has 2 heterocycles. The minimum absolute atomic E-state index is 0.260. The zero-order valence-corrected chi connectivity index (χ0v) is 16.9. The van der Waals surface area contributed by atoms with Crippen molar-refractivity contribution in [1.29, 1.82) is 0 Å². The van der Waals surface area contributed by atoms with Crippen LogP contribution in [0.15, 0.2) is 24.3 Å². The second-order valence-corrected chi connectivity index (χ2v) is 7.61. The highest BCUT2D eigenvalue weighted by Gasteiger charge is 2.26. The van der Waals surface area contributed by atoms with Crippen molar-refractivity contribution in [3.05, 3.63) is 52.7 Å². The van der Waals surface area contributed by atoms with Gasteiger partial charge in [0.25, 0.3) is 5.91 Å². The van der Waals surface area contributed by atoms with Gasteiger partial charge in [0.15, 0.2) is 0 Å². The molecule has 3 rings (SSSR count). The predicted octanol–water partition coefficient (Wildman–Crippen LogP) is 2.63. The highest BCUT2D eigenvalue weighted by molar-refractivity contribution is 5.93. The van der Waals surface area contributed by atoms with Crippen LogP contribution in [0.3, 0.4) is 0 Å². The number of carbonyl (C=O) groups excluding carboxylic acids is 1. The van der Waals surface area contributed by atoms with Crippen LogP contribution in [-0.4, -0.2) is 54.0 Å². The number of hydrogen-bond donors (Lipinski definition) is 2. The number of anilines is 1. The first-order valence-corrected chi connectivity index (χ1v) is 9.66. The molecule has 0 aliphatic carbocycles. The highest BCUT2D eigenvalue weighted by atomic mass is 19.1. The molecule has 2 N–H and O–H groups in total. The Labute approximate surface area is 165 Å². The molecular weight excluding hydrogens is 357 g/mol. The summed E-state index contributed by atoms with van der Waals surface area (Å²) in [6.45, 7) is 6.07. The lowest BCUT2D eigenvalue weighted by atomic mass is 9.94. The number of likely N-dealkylation sites (tertiary alicyclic amines) is 1. The fourth-order valence-electron chi connectivity index (χ4n) is 3.67. The molecule has 150 valence electrons. The summed E-state index contributed by atoms with van der Waals surface area (Å²) in [7, 11) is 3.71. The van der Waals surface area contributed by atoms with Gasteiger partial charge in [-0.2, -0.15) is 0 Å². The molecule has 0 unspecified atom stereocenters. The maximum atomic E-state index is 13.3. The van der Waals surface area contributed by atoms with Crippen LogP contribution < -0.4 is 10.6 Å². The van der Waals surface area contributed by atoms with Crippen molar-refractivity contribution in [3.63, 3.8) is 0 Å². The summed E-state index contributed by atoms with van der Waals surface area (Å²) in [6, 6.07) is 6.63. The smallest absolute Gasteiger partial charge is 0.271 e. The third-order valence-corrected chi connectivity index (χ3v) is 5.30. The van der Waals surface area contributed by atoms with E-state index in [0.29, 0.717) is 41.3 Å². The Morgan fingerprint density at radius 3 is 2.64 bits per heavy atom. The summed E-state index contributed by atoms with van der Waals surface area (Å²) in [5, 5.41) is 6.19. The summed E-state index contributed by atoms with van der Waals surface area (Å²) < 4.78 is 13.3. The molecule has 1 fully saturated rings. The molecule has 7 heteroatoms. The molecule has 1 aromatic carbocycles. The van der Waals surface area contributed by atoms with Gasteiger partial charge < -0.3 is 15.5 Å². The third-order valence-electron chi connectivity index (χ3n) is 5.30. The Kier molecular flexibility index (Phi) is 6.24. The van der Waals surface area contributed by atoms with E-state index in [9.17, 15) is 9.18 Å². The topological polar surface area (TPSA) is 70.2 Å². The van der Waals surface area contributed by atoms with Crippen molar-refractivity contribution in [2.75, 3.05) is 32.5 Å². The number of aromatic nitrogens is 2. The molecule has 1 aliphatic rings. The maximum absolute atomic E-state index is 13.3. The fraction of sp³-hybridized carbons (Fsp3) is 0.476. The normalized spacial score (nSPS) is 20.0. The zero-order chi connectivity index (χ0) is 20.3. The minimum atomic E-state index is -0.275. The molecule has 1 amide bonds. The van der Waals surface area contributed by atoms with Gasteiger partial charge in [0, 0.05) is 26.1 Å². The number of carbonyl (C=O) groups is 1. The summed E-state index contributed by atoms with van der Waals surface area (Å²) >= 11 is 0. The number of benzene rings is 1. The number of aryl methyl sites for hydroxylation is 1. The van der Waals surface area contributed by atoms with Crippen LogP contribution in [0.2, 0.25) is 0 Å². The molecule has 1 aliphatic heterocycles. The van der Waals surface area contributed by atoms with E-state index in [-0.39, 0.29) is 11.7 Å². The molecule has 0 bridgehead atoms. The molecule has 1 saturated heterocycles. The van der Waals surface area contributed by atoms with Crippen molar-refractivity contribution in [2.45, 2.75) is 32.7 Å². The molecular formula is C21H28FN5O. The van der Waals surface area contributed by atoms with Gasteiger partial charge in [-0.3, -0.25) is 4.79 Å². The van der Waals surface area contributed by atoms with E-state index in [1.165, 1.54) is 12.1 Å². The van der Waals surface area contributed by atoms with Crippen molar-refractivity contribution in [2.24, 2.45) is 5.92 Å². The Morgan fingerprint density at radius 1 is 1.29 bits per heavy atom. The van der Waals surface area contributed by atoms with Gasteiger partial charge in [-0.15, -0.1) is 0 Å². The van der Waals surface area contributed by atoms with Crippen LogP contribution >= 0.6 is 0 Å². The van der Waals surface area contributed by atoms with Crippen molar-refractivity contribution >= 4 is 11.7 Å². The van der Waals surface area contributed by atoms with Crippen LogP contribution in [0.5, 0.6) is 0 Å². The van der Waals surface area contributed by atoms with Crippen LogP contribution in [0, 0.1) is 18.7 Å². The zero-order valence-electron chi connectivity index (χ0n) is 16.9. The first-order valence-electron chi connectivity index (χ1n) is 9.66. The van der Waals surface area contributed by atoms with E-state index >= 15 is 0 Å². The molecule has 2 atom stereocenters. The Hall–Kier alpha value is -2.54. The van der Waals surface area contributed by atoms with Crippen LogP contribution in [0.1, 0.15) is 40.8 Å². The number of amides is 1. The molecule has 0 spiro atoms. The largest absolute Gasteiger partial charge is 0.365 e. The van der Waals surface area contributed by atoms with Gasteiger partial charge in [0.1, 0.15) is 17.3 Å². The predicted molar refractivity (Wildman–Crippen MR) is 108 cm³/mol. The lowest BCUT2D eigenvalue weighted by Gasteiger charge is -2.35. The number of rotatable bonds is 5. The van der Waals surface area contributed by atoms with E-state index < -0.39 is 0 Å². The van der Waals surface area contributed by atoms with Gasteiger partial charge >= 0.3 is 0 Å². The standard InChI is InChI=1S/C21H28FN5O/c1-13-12-27(4)10-9-17(13)26-20-18(11-15-5-7-16(22)8-6-15)25-19(14(2)24-20)21(28)23-3/h5-8,13,17H,9-12H2,1-4H3,(H,23,28)(H,24,26)/t13-,17-/m0/s1. The highest BCUT2D eigenvalue weighted by Crippen LogP contribution is 2.24. The molecule has 2 aromatic rings. The van der Waals surface area contributed by atoms with E-state index in [0.717, 1.165) is 25.1 Å². The Bertz CT molecular complexity index is 839. The number of halogens is 1. The quantitative estimate of drug-likeness (QED) is 0.828. The first kappa shape index (κ1) is 20.2. The van der Waals surface area contributed by atoms with E-state index in [2.05, 4.69) is 39.5 Å². The average molecular weight is 385 g/mol. The number of nitrogens with zero attached hydrogens (tertiary/aromatic N) is 3. The molecule has 0 radical (unpaired) electrons. The van der Waals surface area contributed by atoms with Crippen molar-refractivity contribution in [3.8, 4) is 0 Å². The number of nitrogens with one attached hydrogen (secondary N) is 2. The SMILES string of the molecule is CNC(=O)c1nc(Cc2ccc(F)cc2)c(N[C@H]2CCN(C)C[C@@H]2C)nc1C. The summed E-state index contributed by atoms with van der Waals surface area (Å²) in [5.74, 6) is 0.641. The van der Waals surface area contributed by atoms with Gasteiger partial charge in [-0.25, -0.2) is 14.4 Å². The van der Waals surface area contributed by atoms with Crippen molar-refractivity contribution < 1.29 is 9.18 Å². The fourth-order valence-corrected chi connectivity index (χ4v) is 3.67. The van der Waals surface area contributed by atoms with Crippen LogP contribution in [-0.2, 0) is 6.42 Å². The monoisotopic (exact) mass is 385 g/mol. The lowest BCUT2D eigenvalue weighted by Crippen LogP contribution is -2.43. The van der Waals surface area contributed by atoms with Gasteiger partial charge in [0.2, 0.25) is 0 Å². The third kappa shape index (κ3) is 4.65. The van der Waals surface area contributed by atoms with Crippen LogP contribution in [0.25, 0.3) is 0 Å². The molecule has 28 heavy (non-hydrogen) atoms. The van der Waals surface area contributed by atoms with Gasteiger partial charge in [0.05, 0.1) is 11.4 Å². The second-order valence-electron chi connectivity index (χ2n) is 7.61. The Balaban J connectivity index is 1.93. The molecule has 6 nitrogen and oxygen atoms in total. The minimum Gasteiger partial charge on any atom is -0.365 e. The summed E-state index contributed by atoms with van der Waals surface area (Å²) in [5.41, 5.74) is 2.52. The van der Waals surface area contributed by atoms with E-state index in [1.807, 2.05) is 0 Å². The molecule has 1 aromatic heterocycles. The average Bonchev–Trinajstić information content (AvgIpc) is 2.67. The molecule has 0 saturated carbocycles.